The molecule has 0 saturated carbocycles. The average Bonchev–Trinajstić information content (AvgIpc) is 3.02. The smallest absolute Gasteiger partial charge is 0.300 e. The van der Waals surface area contributed by atoms with Gasteiger partial charge in [-0.25, -0.2) is 9.71 Å². The fourth-order valence-corrected chi connectivity index (χ4v) is 3.44. The molecule has 1 amide bonds. The lowest BCUT2D eigenvalue weighted by Crippen LogP contribution is -2.26. The molecule has 3 rings (SSSR count). The molecule has 1 aromatic carbocycles. The minimum Gasteiger partial charge on any atom is -0.459 e. The lowest BCUT2D eigenvalue weighted by atomic mass is 10.1. The molecule has 2 aromatic heterocycles. The van der Waals surface area contributed by atoms with Gasteiger partial charge in [0.05, 0.1) is 6.54 Å². The zero-order valence-corrected chi connectivity index (χ0v) is 18.1. The first-order valence-corrected chi connectivity index (χ1v) is 10.8. The van der Waals surface area contributed by atoms with E-state index >= 15 is 0 Å². The number of hydrogen-bond donors (Lipinski definition) is 2. The van der Waals surface area contributed by atoms with E-state index in [9.17, 15) is 13.2 Å². The summed E-state index contributed by atoms with van der Waals surface area (Å²) in [5.41, 5.74) is 3.13. The van der Waals surface area contributed by atoms with Gasteiger partial charge >= 0.3 is 0 Å². The van der Waals surface area contributed by atoms with Gasteiger partial charge in [0.2, 0.25) is 5.91 Å². The third-order valence-electron chi connectivity index (χ3n) is 4.74. The summed E-state index contributed by atoms with van der Waals surface area (Å²) in [6.45, 7) is 4.07. The molecule has 2 heterocycles. The Bertz CT molecular complexity index is 1210. The monoisotopic (exact) mass is 428 g/mol. The SMILES string of the molecule is CNS(=O)(=O)Nc1ccc(/C=C/C(=O)N(C)Cc2oc3ccccc3c2C)c(C)n1. The topological polar surface area (TPSA) is 105 Å². The first-order valence-electron chi connectivity index (χ1n) is 9.29. The fourth-order valence-electron chi connectivity index (χ4n) is 2.95. The molecule has 0 spiro atoms. The minimum atomic E-state index is -3.63. The Labute approximate surface area is 175 Å². The molecule has 30 heavy (non-hydrogen) atoms. The molecule has 0 aliphatic rings. The molecule has 0 aliphatic heterocycles. The van der Waals surface area contributed by atoms with E-state index in [1.807, 2.05) is 31.2 Å². The molecule has 0 radical (unpaired) electrons. The number of pyridine rings is 1. The number of aromatic nitrogens is 1. The van der Waals surface area contributed by atoms with Crippen molar-refractivity contribution >= 4 is 39.0 Å². The minimum absolute atomic E-state index is 0.186. The molecule has 3 aromatic rings. The van der Waals surface area contributed by atoms with Crippen LogP contribution in [0, 0.1) is 13.8 Å². The number of para-hydroxylation sites is 1. The van der Waals surface area contributed by atoms with Crippen LogP contribution in [0.1, 0.15) is 22.6 Å². The van der Waals surface area contributed by atoms with Gasteiger partial charge in [-0.05, 0) is 43.7 Å². The van der Waals surface area contributed by atoms with E-state index in [0.717, 1.165) is 22.3 Å². The number of furan rings is 1. The number of amides is 1. The van der Waals surface area contributed by atoms with Crippen molar-refractivity contribution in [3.8, 4) is 0 Å². The number of benzene rings is 1. The Morgan fingerprint density at radius 1 is 1.20 bits per heavy atom. The van der Waals surface area contributed by atoms with E-state index in [-0.39, 0.29) is 11.7 Å². The molecule has 0 bridgehead atoms. The van der Waals surface area contributed by atoms with Gasteiger partial charge in [0.1, 0.15) is 17.2 Å². The van der Waals surface area contributed by atoms with Crippen molar-refractivity contribution in [2.45, 2.75) is 20.4 Å². The van der Waals surface area contributed by atoms with Crippen LogP contribution < -0.4 is 9.44 Å². The summed E-state index contributed by atoms with van der Waals surface area (Å²) in [5.74, 6) is 0.761. The molecular formula is C21H24N4O4S. The van der Waals surface area contributed by atoms with Gasteiger partial charge in [-0.3, -0.25) is 9.52 Å². The zero-order valence-electron chi connectivity index (χ0n) is 17.3. The summed E-state index contributed by atoms with van der Waals surface area (Å²) in [5, 5.41) is 1.04. The normalized spacial score (nSPS) is 11.9. The van der Waals surface area contributed by atoms with Crippen molar-refractivity contribution in [3.63, 3.8) is 0 Å². The number of carbonyl (C=O) groups excluding carboxylic acids is 1. The van der Waals surface area contributed by atoms with E-state index in [1.165, 1.54) is 19.2 Å². The molecule has 0 unspecified atom stereocenters. The van der Waals surface area contributed by atoms with Gasteiger partial charge in [0.15, 0.2) is 0 Å². The lowest BCUT2D eigenvalue weighted by molar-refractivity contribution is -0.125. The van der Waals surface area contributed by atoms with Crippen molar-refractivity contribution in [1.29, 1.82) is 0 Å². The van der Waals surface area contributed by atoms with Gasteiger partial charge < -0.3 is 9.32 Å². The first-order chi connectivity index (χ1) is 14.2. The Kier molecular flexibility index (Phi) is 6.23. The highest BCUT2D eigenvalue weighted by molar-refractivity contribution is 7.90. The van der Waals surface area contributed by atoms with Crippen LogP contribution in [0.2, 0.25) is 0 Å². The van der Waals surface area contributed by atoms with Crippen LogP contribution in [0.25, 0.3) is 17.0 Å². The summed E-state index contributed by atoms with van der Waals surface area (Å²) in [7, 11) is -0.617. The second-order valence-electron chi connectivity index (χ2n) is 6.85. The Morgan fingerprint density at radius 3 is 2.60 bits per heavy atom. The van der Waals surface area contributed by atoms with Crippen molar-refractivity contribution in [1.82, 2.24) is 14.6 Å². The van der Waals surface area contributed by atoms with Gasteiger partial charge in [-0.2, -0.15) is 8.42 Å². The van der Waals surface area contributed by atoms with Crippen molar-refractivity contribution in [2.75, 3.05) is 18.8 Å². The van der Waals surface area contributed by atoms with Crippen LogP contribution in [0.15, 0.2) is 46.9 Å². The summed E-state index contributed by atoms with van der Waals surface area (Å²) in [6.07, 6.45) is 3.11. The van der Waals surface area contributed by atoms with Crippen LogP contribution in [-0.4, -0.2) is 38.3 Å². The third-order valence-corrected chi connectivity index (χ3v) is 5.75. The molecule has 158 valence electrons. The molecule has 8 nitrogen and oxygen atoms in total. The zero-order chi connectivity index (χ0) is 21.9. The Morgan fingerprint density at radius 2 is 1.93 bits per heavy atom. The molecule has 0 aliphatic carbocycles. The maximum atomic E-state index is 12.5. The summed E-state index contributed by atoms with van der Waals surface area (Å²) in [4.78, 5) is 18.3. The number of aryl methyl sites for hydroxylation is 2. The highest BCUT2D eigenvalue weighted by Gasteiger charge is 2.14. The largest absolute Gasteiger partial charge is 0.459 e. The second-order valence-corrected chi connectivity index (χ2v) is 8.47. The third kappa shape index (κ3) is 4.87. The van der Waals surface area contributed by atoms with Gasteiger partial charge in [0, 0.05) is 36.8 Å². The maximum Gasteiger partial charge on any atom is 0.300 e. The van der Waals surface area contributed by atoms with E-state index in [2.05, 4.69) is 14.4 Å². The predicted molar refractivity (Wildman–Crippen MR) is 117 cm³/mol. The van der Waals surface area contributed by atoms with E-state index in [0.29, 0.717) is 17.8 Å². The van der Waals surface area contributed by atoms with Crippen LogP contribution in [0.4, 0.5) is 5.82 Å². The maximum absolute atomic E-state index is 12.5. The number of hydrogen-bond acceptors (Lipinski definition) is 5. The fraction of sp³-hybridized carbons (Fsp3) is 0.238. The average molecular weight is 429 g/mol. The highest BCUT2D eigenvalue weighted by Crippen LogP contribution is 2.25. The van der Waals surface area contributed by atoms with Crippen LogP contribution in [-0.2, 0) is 21.5 Å². The Balaban J connectivity index is 1.69. The molecule has 0 saturated heterocycles. The van der Waals surface area contributed by atoms with Crippen LogP contribution in [0.3, 0.4) is 0 Å². The molecule has 9 heteroatoms. The van der Waals surface area contributed by atoms with Crippen molar-refractivity contribution in [3.05, 3.63) is 65.1 Å². The standard InChI is InChI=1S/C21H24N4O4S/c1-14-17-7-5-6-8-18(17)29-19(14)13-25(4)21(26)12-10-16-9-11-20(23-15(16)2)24-30(27,28)22-3/h5-12,22H,13H2,1-4H3,(H,23,24)/b12-10+. The number of anilines is 1. The van der Waals surface area contributed by atoms with E-state index in [4.69, 9.17) is 4.42 Å². The first kappa shape index (κ1) is 21.5. The van der Waals surface area contributed by atoms with Gasteiger partial charge in [-0.15, -0.1) is 0 Å². The molecule has 0 fully saturated rings. The summed E-state index contributed by atoms with van der Waals surface area (Å²) < 4.78 is 33.4. The molecular weight excluding hydrogens is 404 g/mol. The van der Waals surface area contributed by atoms with Crippen LogP contribution >= 0.6 is 0 Å². The molecule has 0 atom stereocenters. The Hall–Kier alpha value is -3.17. The number of nitrogens with zero attached hydrogens (tertiary/aromatic N) is 2. The van der Waals surface area contributed by atoms with Crippen molar-refractivity contribution in [2.24, 2.45) is 0 Å². The van der Waals surface area contributed by atoms with E-state index < -0.39 is 10.2 Å². The van der Waals surface area contributed by atoms with Gasteiger partial charge in [0.25, 0.3) is 10.2 Å². The van der Waals surface area contributed by atoms with Gasteiger partial charge in [-0.1, -0.05) is 18.2 Å². The highest BCUT2D eigenvalue weighted by atomic mass is 32.2. The van der Waals surface area contributed by atoms with Crippen LogP contribution in [0.5, 0.6) is 0 Å². The number of likely N-dealkylation sites (N-methyl/N-ethyl adjacent to an activating group) is 1. The van der Waals surface area contributed by atoms with Crippen molar-refractivity contribution < 1.29 is 17.6 Å². The quantitative estimate of drug-likeness (QED) is 0.563. The number of rotatable bonds is 7. The molecule has 2 N–H and O–H groups in total. The summed E-state index contributed by atoms with van der Waals surface area (Å²) in [6, 6.07) is 11.0. The second kappa shape index (κ2) is 8.68. The summed E-state index contributed by atoms with van der Waals surface area (Å²) >= 11 is 0. The number of carbonyl (C=O) groups is 1. The predicted octanol–water partition coefficient (Wildman–Crippen LogP) is 2.99. The number of fused-ring (bicyclic) bond motifs is 1. The lowest BCUT2D eigenvalue weighted by Gasteiger charge is -2.14. The number of nitrogens with one attached hydrogen (secondary N) is 2. The van der Waals surface area contributed by atoms with E-state index in [1.54, 1.807) is 31.0 Å².